The van der Waals surface area contributed by atoms with E-state index in [1.807, 2.05) is 42.8 Å². The smallest absolute Gasteiger partial charge is 0.253 e. The highest BCUT2D eigenvalue weighted by molar-refractivity contribution is 5.98. The maximum Gasteiger partial charge on any atom is 0.253 e. The lowest BCUT2D eigenvalue weighted by Gasteiger charge is -2.16. The second-order valence-corrected chi connectivity index (χ2v) is 6.98. The molecule has 0 aliphatic heterocycles. The summed E-state index contributed by atoms with van der Waals surface area (Å²) in [6.07, 6.45) is 0. The average molecular weight is 366 g/mol. The Hall–Kier alpha value is -2.89. The van der Waals surface area contributed by atoms with Crippen LogP contribution in [0.1, 0.15) is 46.0 Å². The summed E-state index contributed by atoms with van der Waals surface area (Å²) in [5, 5.41) is 8.48. The van der Waals surface area contributed by atoms with Gasteiger partial charge in [-0.3, -0.25) is 14.5 Å². The molecule has 0 fully saturated rings. The Morgan fingerprint density at radius 1 is 1.19 bits per heavy atom. The molecule has 0 aliphatic rings. The summed E-state index contributed by atoms with van der Waals surface area (Å²) in [6.45, 7) is 10.5. The number of pyridine rings is 1. The molecule has 3 rings (SSSR count). The number of aromatic nitrogens is 3. The number of hydrogen-bond acceptors (Lipinski definition) is 4. The van der Waals surface area contributed by atoms with E-state index in [1.54, 1.807) is 7.11 Å². The fraction of sp³-hybridized carbons (Fsp3) is 0.381. The Morgan fingerprint density at radius 3 is 2.56 bits per heavy atom. The first-order chi connectivity index (χ1) is 12.8. The molecule has 0 aliphatic carbocycles. The molecule has 0 saturated carbocycles. The second kappa shape index (κ2) is 7.39. The standard InChI is InChI=1S/C21H26N4O2/c1-12(25-16(5)13(2)14(3)24-25)11-22-21(26)19-10-17-9-18(27-6)7-8-20(17)23-15(19)4/h7-10,12H,11H2,1-6H3,(H,22,26)/t12-/m1/s1. The molecular weight excluding hydrogens is 340 g/mol. The number of ether oxygens (including phenoxy) is 1. The van der Waals surface area contributed by atoms with Crippen molar-refractivity contribution in [2.24, 2.45) is 0 Å². The van der Waals surface area contributed by atoms with Crippen molar-refractivity contribution in [1.82, 2.24) is 20.1 Å². The van der Waals surface area contributed by atoms with Crippen LogP contribution in [0.15, 0.2) is 24.3 Å². The average Bonchev–Trinajstić information content (AvgIpc) is 2.92. The van der Waals surface area contributed by atoms with Crippen LogP contribution in [0.2, 0.25) is 0 Å². The lowest BCUT2D eigenvalue weighted by molar-refractivity contribution is 0.0947. The zero-order valence-corrected chi connectivity index (χ0v) is 16.8. The van der Waals surface area contributed by atoms with E-state index < -0.39 is 0 Å². The molecule has 6 nitrogen and oxygen atoms in total. The topological polar surface area (TPSA) is 69.0 Å². The highest BCUT2D eigenvalue weighted by atomic mass is 16.5. The lowest BCUT2D eigenvalue weighted by atomic mass is 10.1. The van der Waals surface area contributed by atoms with Gasteiger partial charge in [0.1, 0.15) is 5.75 Å². The van der Waals surface area contributed by atoms with E-state index >= 15 is 0 Å². The van der Waals surface area contributed by atoms with Crippen LogP contribution in [0, 0.1) is 27.7 Å². The molecule has 0 saturated heterocycles. The van der Waals surface area contributed by atoms with Crippen LogP contribution in [0.25, 0.3) is 10.9 Å². The van der Waals surface area contributed by atoms with Crippen LogP contribution in [0.5, 0.6) is 5.75 Å². The number of fused-ring (bicyclic) bond motifs is 1. The molecule has 142 valence electrons. The van der Waals surface area contributed by atoms with Crippen molar-refractivity contribution in [3.05, 3.63) is 52.5 Å². The Balaban J connectivity index is 1.79. The minimum absolute atomic E-state index is 0.0650. The van der Waals surface area contributed by atoms with Gasteiger partial charge in [0.25, 0.3) is 5.91 Å². The van der Waals surface area contributed by atoms with E-state index in [0.717, 1.165) is 28.0 Å². The molecule has 2 aromatic heterocycles. The third kappa shape index (κ3) is 3.65. The minimum atomic E-state index is -0.130. The number of carbonyl (C=O) groups excluding carboxylic acids is 1. The number of amides is 1. The number of carbonyl (C=O) groups is 1. The van der Waals surface area contributed by atoms with Crippen molar-refractivity contribution in [2.45, 2.75) is 40.7 Å². The Labute approximate surface area is 159 Å². The van der Waals surface area contributed by atoms with Crippen LogP contribution in [-0.2, 0) is 0 Å². The summed E-state index contributed by atoms with van der Waals surface area (Å²) >= 11 is 0. The van der Waals surface area contributed by atoms with Gasteiger partial charge in [0.15, 0.2) is 0 Å². The fourth-order valence-corrected chi connectivity index (χ4v) is 3.20. The first-order valence-corrected chi connectivity index (χ1v) is 9.07. The number of nitrogens with one attached hydrogen (secondary N) is 1. The summed E-state index contributed by atoms with van der Waals surface area (Å²) in [5.74, 6) is 0.614. The molecule has 2 heterocycles. The number of rotatable bonds is 5. The van der Waals surface area contributed by atoms with E-state index in [-0.39, 0.29) is 11.9 Å². The van der Waals surface area contributed by atoms with Gasteiger partial charge in [0.05, 0.1) is 35.6 Å². The minimum Gasteiger partial charge on any atom is -0.497 e. The first kappa shape index (κ1) is 18.9. The molecule has 3 aromatic rings. The highest BCUT2D eigenvalue weighted by Crippen LogP contribution is 2.22. The monoisotopic (exact) mass is 366 g/mol. The maximum absolute atomic E-state index is 12.7. The number of hydrogen-bond donors (Lipinski definition) is 1. The normalized spacial score (nSPS) is 12.2. The predicted octanol–water partition coefficient (Wildman–Crippen LogP) is 3.66. The van der Waals surface area contributed by atoms with Gasteiger partial charge < -0.3 is 10.1 Å². The first-order valence-electron chi connectivity index (χ1n) is 9.07. The summed E-state index contributed by atoms with van der Waals surface area (Å²) in [5.41, 5.74) is 5.47. The van der Waals surface area contributed by atoms with Gasteiger partial charge in [-0.15, -0.1) is 0 Å². The molecule has 1 aromatic carbocycles. The van der Waals surface area contributed by atoms with Crippen LogP contribution in [-0.4, -0.2) is 34.3 Å². The van der Waals surface area contributed by atoms with Crippen LogP contribution >= 0.6 is 0 Å². The Kier molecular flexibility index (Phi) is 5.17. The van der Waals surface area contributed by atoms with Crippen LogP contribution in [0.3, 0.4) is 0 Å². The van der Waals surface area contributed by atoms with E-state index in [9.17, 15) is 4.79 Å². The van der Waals surface area contributed by atoms with Gasteiger partial charge in [-0.05, 0) is 64.4 Å². The molecule has 6 heteroatoms. The molecule has 1 amide bonds. The number of benzene rings is 1. The number of aryl methyl sites for hydroxylation is 2. The Morgan fingerprint density at radius 2 is 1.93 bits per heavy atom. The zero-order valence-electron chi connectivity index (χ0n) is 16.8. The van der Waals surface area contributed by atoms with Crippen molar-refractivity contribution in [2.75, 3.05) is 13.7 Å². The van der Waals surface area contributed by atoms with Gasteiger partial charge in [0.2, 0.25) is 0 Å². The maximum atomic E-state index is 12.7. The largest absolute Gasteiger partial charge is 0.497 e. The quantitative estimate of drug-likeness (QED) is 0.748. The number of methoxy groups -OCH3 is 1. The van der Waals surface area contributed by atoms with Gasteiger partial charge in [-0.1, -0.05) is 0 Å². The Bertz CT molecular complexity index is 1010. The zero-order chi connectivity index (χ0) is 19.7. The third-order valence-electron chi connectivity index (χ3n) is 5.12. The second-order valence-electron chi connectivity index (χ2n) is 6.98. The van der Waals surface area contributed by atoms with Crippen molar-refractivity contribution in [3.63, 3.8) is 0 Å². The van der Waals surface area contributed by atoms with Gasteiger partial charge >= 0.3 is 0 Å². The molecule has 27 heavy (non-hydrogen) atoms. The summed E-state index contributed by atoms with van der Waals surface area (Å²) in [4.78, 5) is 17.3. The molecular formula is C21H26N4O2. The summed E-state index contributed by atoms with van der Waals surface area (Å²) < 4.78 is 7.24. The van der Waals surface area contributed by atoms with E-state index in [2.05, 4.69) is 36.2 Å². The lowest BCUT2D eigenvalue weighted by Crippen LogP contribution is -2.31. The molecule has 0 spiro atoms. The third-order valence-corrected chi connectivity index (χ3v) is 5.12. The predicted molar refractivity (Wildman–Crippen MR) is 107 cm³/mol. The van der Waals surface area contributed by atoms with E-state index in [1.165, 1.54) is 5.56 Å². The summed E-state index contributed by atoms with van der Waals surface area (Å²) in [6, 6.07) is 7.59. The van der Waals surface area contributed by atoms with Crippen molar-refractivity contribution in [3.8, 4) is 5.75 Å². The SMILES string of the molecule is COc1ccc2nc(C)c(C(=O)NC[C@@H](C)n3nc(C)c(C)c3C)cc2c1. The van der Waals surface area contributed by atoms with Crippen molar-refractivity contribution in [1.29, 1.82) is 0 Å². The molecule has 1 atom stereocenters. The highest BCUT2D eigenvalue weighted by Gasteiger charge is 2.16. The van der Waals surface area contributed by atoms with Crippen LogP contribution in [0.4, 0.5) is 0 Å². The molecule has 0 unspecified atom stereocenters. The molecule has 1 N–H and O–H groups in total. The van der Waals surface area contributed by atoms with E-state index in [4.69, 9.17) is 4.74 Å². The van der Waals surface area contributed by atoms with Gasteiger partial charge in [-0.2, -0.15) is 5.10 Å². The van der Waals surface area contributed by atoms with Crippen molar-refractivity contribution < 1.29 is 9.53 Å². The van der Waals surface area contributed by atoms with Gasteiger partial charge in [-0.25, -0.2) is 0 Å². The van der Waals surface area contributed by atoms with Crippen LogP contribution < -0.4 is 10.1 Å². The van der Waals surface area contributed by atoms with Crippen molar-refractivity contribution >= 4 is 16.8 Å². The molecule has 0 bridgehead atoms. The number of nitrogens with zero attached hydrogens (tertiary/aromatic N) is 3. The molecule has 0 radical (unpaired) electrons. The van der Waals surface area contributed by atoms with E-state index in [0.29, 0.717) is 17.8 Å². The fourth-order valence-electron chi connectivity index (χ4n) is 3.20. The van der Waals surface area contributed by atoms with Gasteiger partial charge in [0, 0.05) is 17.6 Å². The summed E-state index contributed by atoms with van der Waals surface area (Å²) in [7, 11) is 1.62.